The standard InChI is InChI=1S/C47H95NO7P/c1-7-9-11-13-15-17-19-21-23-25-27-29-31-33-35-37-39-46(49)52-43-45(44-54-56(6,51)53-42-41-48(3,4)5)55-47(50)40-38-36-34-32-30-28-26-24-22-20-18-16-14-12-10-8-2/h45H,7-44H2,1-6H3/q+1/t45-,56+/m1/s1. The van der Waals surface area contributed by atoms with Crippen LogP contribution in [0.3, 0.4) is 0 Å². The van der Waals surface area contributed by atoms with Gasteiger partial charge in [-0.2, -0.15) is 0 Å². The zero-order chi connectivity index (χ0) is 41.4. The highest BCUT2D eigenvalue weighted by molar-refractivity contribution is 7.52. The van der Waals surface area contributed by atoms with E-state index in [1.54, 1.807) is 0 Å². The van der Waals surface area contributed by atoms with Crippen molar-refractivity contribution in [2.24, 2.45) is 0 Å². The SMILES string of the molecule is CCCCCCCCCCCCCCCCCCC(=O)OC[C@H](CO[P@@](C)(=O)OCC[N+](C)(C)C)OC(=O)CCCCCCCCCCCCCCCCCC. The molecule has 0 saturated carbocycles. The number of quaternary nitrogens is 1. The molecule has 0 fully saturated rings. The summed E-state index contributed by atoms with van der Waals surface area (Å²) in [6.45, 7) is 6.69. The van der Waals surface area contributed by atoms with Gasteiger partial charge in [0, 0.05) is 19.5 Å². The lowest BCUT2D eigenvalue weighted by atomic mass is 10.0. The molecular formula is C47H95NO7P+. The number of rotatable bonds is 44. The van der Waals surface area contributed by atoms with Gasteiger partial charge in [0.25, 0.3) is 0 Å². The molecule has 2 atom stereocenters. The number of nitrogens with zero attached hydrogens (tertiary/aromatic N) is 1. The Balaban J connectivity index is 4.26. The lowest BCUT2D eigenvalue weighted by Gasteiger charge is -2.25. The van der Waals surface area contributed by atoms with Crippen molar-refractivity contribution in [3.63, 3.8) is 0 Å². The van der Waals surface area contributed by atoms with Crippen LogP contribution in [0.1, 0.15) is 232 Å². The van der Waals surface area contributed by atoms with E-state index in [1.165, 1.54) is 174 Å². The second kappa shape index (κ2) is 39.5. The summed E-state index contributed by atoms with van der Waals surface area (Å²) >= 11 is 0. The molecule has 0 N–H and O–H groups in total. The highest BCUT2D eigenvalue weighted by Crippen LogP contribution is 2.43. The first-order valence-corrected chi connectivity index (χ1v) is 26.0. The first-order chi connectivity index (χ1) is 27.0. The lowest BCUT2D eigenvalue weighted by molar-refractivity contribution is -0.870. The van der Waals surface area contributed by atoms with Crippen molar-refractivity contribution in [2.45, 2.75) is 238 Å². The number of carbonyl (C=O) groups excluding carboxylic acids is 2. The molecule has 0 aliphatic heterocycles. The molecule has 0 aromatic carbocycles. The Morgan fingerprint density at radius 3 is 1.12 bits per heavy atom. The van der Waals surface area contributed by atoms with E-state index in [4.69, 9.17) is 18.5 Å². The molecule has 0 aromatic rings. The number of unbranched alkanes of at least 4 members (excludes halogenated alkanes) is 30. The Morgan fingerprint density at radius 1 is 0.464 bits per heavy atom. The maximum absolute atomic E-state index is 12.9. The molecule has 334 valence electrons. The smallest absolute Gasteiger partial charge is 0.327 e. The van der Waals surface area contributed by atoms with E-state index in [9.17, 15) is 14.2 Å². The molecular weight excluding hydrogens is 721 g/mol. The molecule has 56 heavy (non-hydrogen) atoms. The summed E-state index contributed by atoms with van der Waals surface area (Å²) in [6.07, 6.45) is 40.8. The molecule has 8 nitrogen and oxygen atoms in total. The number of hydrogen-bond acceptors (Lipinski definition) is 7. The van der Waals surface area contributed by atoms with Crippen LogP contribution in [-0.2, 0) is 32.7 Å². The van der Waals surface area contributed by atoms with Gasteiger partial charge in [0.05, 0.1) is 27.7 Å². The summed E-state index contributed by atoms with van der Waals surface area (Å²) in [5, 5.41) is 0. The zero-order valence-corrected chi connectivity index (χ0v) is 39.1. The number of ether oxygens (including phenoxy) is 2. The highest BCUT2D eigenvalue weighted by atomic mass is 31.2. The van der Waals surface area contributed by atoms with Crippen LogP contribution in [0.15, 0.2) is 0 Å². The van der Waals surface area contributed by atoms with Gasteiger partial charge >= 0.3 is 19.5 Å². The van der Waals surface area contributed by atoms with Gasteiger partial charge in [-0.05, 0) is 12.8 Å². The Bertz CT molecular complexity index is 925. The van der Waals surface area contributed by atoms with Gasteiger partial charge in [-0.25, -0.2) is 0 Å². The van der Waals surface area contributed by atoms with E-state index in [0.717, 1.165) is 38.5 Å². The van der Waals surface area contributed by atoms with Crippen molar-refractivity contribution >= 4 is 19.5 Å². The van der Waals surface area contributed by atoms with Crippen LogP contribution in [0.4, 0.5) is 0 Å². The third-order valence-electron chi connectivity index (χ3n) is 10.8. The molecule has 0 aliphatic rings. The second-order valence-electron chi connectivity index (χ2n) is 17.8. The Labute approximate surface area is 348 Å². The van der Waals surface area contributed by atoms with E-state index >= 15 is 0 Å². The number of hydrogen-bond donors (Lipinski definition) is 0. The van der Waals surface area contributed by atoms with Crippen molar-refractivity contribution in [2.75, 3.05) is 54.2 Å². The monoisotopic (exact) mass is 817 g/mol. The predicted octanol–water partition coefficient (Wildman–Crippen LogP) is 14.3. The van der Waals surface area contributed by atoms with Gasteiger partial charge in [-0.1, -0.05) is 206 Å². The fraction of sp³-hybridized carbons (Fsp3) is 0.957. The molecule has 0 amide bonds. The summed E-state index contributed by atoms with van der Waals surface area (Å²) in [4.78, 5) is 25.3. The third kappa shape index (κ3) is 42.7. The van der Waals surface area contributed by atoms with Crippen LogP contribution in [-0.4, -0.2) is 76.7 Å². The largest absolute Gasteiger partial charge is 0.462 e. The minimum absolute atomic E-state index is 0.110. The maximum Gasteiger partial charge on any atom is 0.327 e. The third-order valence-corrected chi connectivity index (χ3v) is 12.0. The van der Waals surface area contributed by atoms with Crippen molar-refractivity contribution < 1.29 is 37.2 Å². The second-order valence-corrected chi connectivity index (χ2v) is 19.9. The van der Waals surface area contributed by atoms with E-state index in [2.05, 4.69) is 13.8 Å². The zero-order valence-electron chi connectivity index (χ0n) is 38.2. The molecule has 0 bridgehead atoms. The summed E-state index contributed by atoms with van der Waals surface area (Å²) in [5.74, 6) is -0.636. The highest BCUT2D eigenvalue weighted by Gasteiger charge is 2.24. The van der Waals surface area contributed by atoms with E-state index in [-0.39, 0.29) is 31.8 Å². The van der Waals surface area contributed by atoms with Crippen LogP contribution in [0.2, 0.25) is 0 Å². The lowest BCUT2D eigenvalue weighted by Crippen LogP contribution is -2.37. The van der Waals surface area contributed by atoms with Crippen LogP contribution in [0.5, 0.6) is 0 Å². The first kappa shape index (κ1) is 55.0. The number of carbonyl (C=O) groups is 2. The van der Waals surface area contributed by atoms with Crippen LogP contribution < -0.4 is 0 Å². The summed E-state index contributed by atoms with van der Waals surface area (Å²) in [6, 6.07) is 0. The molecule has 0 heterocycles. The van der Waals surface area contributed by atoms with Crippen molar-refractivity contribution in [3.8, 4) is 0 Å². The quantitative estimate of drug-likeness (QED) is 0.0262. The fourth-order valence-electron chi connectivity index (χ4n) is 6.99. The average Bonchev–Trinajstić information content (AvgIpc) is 3.15. The van der Waals surface area contributed by atoms with Crippen LogP contribution in [0.25, 0.3) is 0 Å². The van der Waals surface area contributed by atoms with Gasteiger partial charge in [0.15, 0.2) is 6.10 Å². The van der Waals surface area contributed by atoms with Crippen molar-refractivity contribution in [1.82, 2.24) is 0 Å². The average molecular weight is 817 g/mol. The molecule has 0 saturated heterocycles. The molecule has 0 rings (SSSR count). The van der Waals surface area contributed by atoms with Gasteiger partial charge < -0.3 is 23.0 Å². The summed E-state index contributed by atoms with van der Waals surface area (Å²) < 4.78 is 36.0. The normalized spacial score (nSPS) is 13.5. The Kier molecular flexibility index (Phi) is 38.8. The maximum atomic E-state index is 12.9. The fourth-order valence-corrected chi connectivity index (χ4v) is 7.92. The number of esters is 2. The number of likely N-dealkylation sites (N-methyl/N-ethyl adjacent to an activating group) is 1. The molecule has 0 radical (unpaired) electrons. The van der Waals surface area contributed by atoms with Gasteiger partial charge in [0.1, 0.15) is 19.8 Å². The summed E-state index contributed by atoms with van der Waals surface area (Å²) in [5.41, 5.74) is 0. The minimum atomic E-state index is -3.37. The van der Waals surface area contributed by atoms with Gasteiger partial charge in [-0.3, -0.25) is 14.2 Å². The Hall–Kier alpha value is -0.950. The van der Waals surface area contributed by atoms with Crippen molar-refractivity contribution in [1.29, 1.82) is 0 Å². The molecule has 0 unspecified atom stereocenters. The van der Waals surface area contributed by atoms with Crippen LogP contribution in [0, 0.1) is 0 Å². The molecule has 9 heteroatoms. The summed E-state index contributed by atoms with van der Waals surface area (Å²) in [7, 11) is 2.74. The van der Waals surface area contributed by atoms with E-state index in [1.807, 2.05) is 21.1 Å². The van der Waals surface area contributed by atoms with Crippen LogP contribution >= 0.6 is 7.60 Å². The van der Waals surface area contributed by atoms with Gasteiger partial charge in [-0.15, -0.1) is 0 Å². The molecule has 0 spiro atoms. The van der Waals surface area contributed by atoms with Gasteiger partial charge in [0.2, 0.25) is 0 Å². The topological polar surface area (TPSA) is 88.1 Å². The molecule has 0 aliphatic carbocycles. The minimum Gasteiger partial charge on any atom is -0.462 e. The first-order valence-electron chi connectivity index (χ1n) is 24.0. The predicted molar refractivity (Wildman–Crippen MR) is 237 cm³/mol. The Morgan fingerprint density at radius 2 is 0.786 bits per heavy atom. The molecule has 0 aromatic heterocycles. The van der Waals surface area contributed by atoms with E-state index < -0.39 is 13.7 Å². The van der Waals surface area contributed by atoms with Crippen molar-refractivity contribution in [3.05, 3.63) is 0 Å². The van der Waals surface area contributed by atoms with E-state index in [0.29, 0.717) is 23.9 Å².